The number of benzene rings is 3. The average molecular weight is 400 g/mol. The minimum Gasteiger partial charge on any atom is -0.427 e. The lowest BCUT2D eigenvalue weighted by Crippen LogP contribution is -2.43. The molecular formula is C24H20N2O4. The monoisotopic (exact) mass is 400 g/mol. The summed E-state index contributed by atoms with van der Waals surface area (Å²) in [5, 5.41) is 2.93. The lowest BCUT2D eigenvalue weighted by Gasteiger charge is -2.28. The Bertz CT molecular complexity index is 1090. The van der Waals surface area contributed by atoms with Gasteiger partial charge in [-0.15, -0.1) is 0 Å². The van der Waals surface area contributed by atoms with Crippen molar-refractivity contribution in [2.24, 2.45) is 0 Å². The van der Waals surface area contributed by atoms with E-state index in [1.54, 1.807) is 35.3 Å². The van der Waals surface area contributed by atoms with E-state index in [0.29, 0.717) is 17.9 Å². The number of carbonyl (C=O) groups excluding carboxylic acids is 3. The van der Waals surface area contributed by atoms with Crippen LogP contribution in [0.3, 0.4) is 0 Å². The van der Waals surface area contributed by atoms with Gasteiger partial charge in [0.25, 0.3) is 5.91 Å². The zero-order chi connectivity index (χ0) is 21.1. The molecule has 3 aromatic rings. The number of anilines is 1. The van der Waals surface area contributed by atoms with Gasteiger partial charge in [0.2, 0.25) is 5.91 Å². The Morgan fingerprint density at radius 1 is 0.867 bits per heavy atom. The predicted octanol–water partition coefficient (Wildman–Crippen LogP) is 4.07. The van der Waals surface area contributed by atoms with E-state index in [2.05, 4.69) is 0 Å². The molecule has 6 heteroatoms. The second-order valence-electron chi connectivity index (χ2n) is 6.92. The quantitative estimate of drug-likeness (QED) is 0.375. The average Bonchev–Trinajstić information content (AvgIpc) is 3.15. The molecule has 0 aromatic heterocycles. The van der Waals surface area contributed by atoms with Gasteiger partial charge in [-0.25, -0.2) is 0 Å². The molecule has 3 aromatic carbocycles. The number of hydrogen-bond acceptors (Lipinski definition) is 5. The summed E-state index contributed by atoms with van der Waals surface area (Å²) in [5.74, 6) is -0.507. The first kappa shape index (κ1) is 19.4. The van der Waals surface area contributed by atoms with Crippen LogP contribution in [0.5, 0.6) is 5.75 Å². The molecule has 0 saturated carbocycles. The molecule has 2 amide bonds. The van der Waals surface area contributed by atoms with Crippen molar-refractivity contribution in [3.8, 4) is 16.9 Å². The Balaban J connectivity index is 1.60. The maximum atomic E-state index is 13.2. The molecule has 30 heavy (non-hydrogen) atoms. The van der Waals surface area contributed by atoms with Crippen LogP contribution < -0.4 is 9.75 Å². The van der Waals surface area contributed by atoms with Gasteiger partial charge in [0, 0.05) is 25.5 Å². The highest BCUT2D eigenvalue weighted by Gasteiger charge is 2.35. The standard InChI is InChI=1S/C24H20N2O4/c1-17(27)30-22-12-10-18(11-13-22)19-6-5-7-20(16-19)24(29)26-23(28)14-15-25(26)21-8-3-2-4-9-21/h2-13,16H,14-15H2,1H3. The van der Waals surface area contributed by atoms with Crippen molar-refractivity contribution in [2.75, 3.05) is 11.6 Å². The first-order valence-corrected chi connectivity index (χ1v) is 9.61. The summed E-state index contributed by atoms with van der Waals surface area (Å²) in [7, 11) is 0. The van der Waals surface area contributed by atoms with Crippen molar-refractivity contribution in [1.82, 2.24) is 5.01 Å². The van der Waals surface area contributed by atoms with Gasteiger partial charge < -0.3 is 4.74 Å². The second-order valence-corrected chi connectivity index (χ2v) is 6.92. The number of amides is 2. The fourth-order valence-corrected chi connectivity index (χ4v) is 3.45. The molecule has 1 saturated heterocycles. The Morgan fingerprint density at radius 2 is 1.60 bits per heavy atom. The molecule has 1 fully saturated rings. The van der Waals surface area contributed by atoms with Crippen LogP contribution in [-0.2, 0) is 9.59 Å². The van der Waals surface area contributed by atoms with Crippen LogP contribution >= 0.6 is 0 Å². The van der Waals surface area contributed by atoms with Gasteiger partial charge in [-0.1, -0.05) is 42.5 Å². The Hall–Kier alpha value is -3.93. The zero-order valence-corrected chi connectivity index (χ0v) is 16.4. The van der Waals surface area contributed by atoms with E-state index in [1.807, 2.05) is 48.5 Å². The summed E-state index contributed by atoms with van der Waals surface area (Å²) in [6.07, 6.45) is 0.290. The van der Waals surface area contributed by atoms with Crippen molar-refractivity contribution < 1.29 is 19.1 Å². The Kier molecular flexibility index (Phi) is 5.30. The molecule has 0 aliphatic carbocycles. The Morgan fingerprint density at radius 3 is 2.30 bits per heavy atom. The summed E-state index contributed by atoms with van der Waals surface area (Å²) in [6.45, 7) is 1.81. The van der Waals surface area contributed by atoms with Crippen LogP contribution in [0.25, 0.3) is 11.1 Å². The second kappa shape index (κ2) is 8.21. The molecule has 1 heterocycles. The number of nitrogens with zero attached hydrogens (tertiary/aromatic N) is 2. The first-order valence-electron chi connectivity index (χ1n) is 9.61. The zero-order valence-electron chi connectivity index (χ0n) is 16.4. The van der Waals surface area contributed by atoms with E-state index in [4.69, 9.17) is 4.74 Å². The van der Waals surface area contributed by atoms with Crippen LogP contribution in [0.15, 0.2) is 78.9 Å². The third kappa shape index (κ3) is 3.93. The number of imide groups is 1. The molecule has 150 valence electrons. The van der Waals surface area contributed by atoms with Crippen molar-refractivity contribution in [3.63, 3.8) is 0 Å². The van der Waals surface area contributed by atoms with Crippen LogP contribution in [0, 0.1) is 0 Å². The van der Waals surface area contributed by atoms with Gasteiger partial charge in [0.15, 0.2) is 0 Å². The third-order valence-electron chi connectivity index (χ3n) is 4.82. The normalized spacial score (nSPS) is 13.4. The number of ether oxygens (including phenoxy) is 1. The smallest absolute Gasteiger partial charge is 0.308 e. The maximum absolute atomic E-state index is 13.2. The number of carbonyl (C=O) groups is 3. The fourth-order valence-electron chi connectivity index (χ4n) is 3.45. The highest BCUT2D eigenvalue weighted by molar-refractivity contribution is 6.07. The maximum Gasteiger partial charge on any atom is 0.308 e. The summed E-state index contributed by atoms with van der Waals surface area (Å²) < 4.78 is 5.06. The summed E-state index contributed by atoms with van der Waals surface area (Å²) in [6, 6.07) is 23.6. The largest absolute Gasteiger partial charge is 0.427 e. The molecule has 0 radical (unpaired) electrons. The topological polar surface area (TPSA) is 66.9 Å². The van der Waals surface area contributed by atoms with E-state index >= 15 is 0 Å². The molecule has 6 nitrogen and oxygen atoms in total. The van der Waals surface area contributed by atoms with Gasteiger partial charge in [0.1, 0.15) is 5.75 Å². The van der Waals surface area contributed by atoms with Crippen LogP contribution in [0.2, 0.25) is 0 Å². The van der Waals surface area contributed by atoms with E-state index in [1.165, 1.54) is 11.9 Å². The highest BCUT2D eigenvalue weighted by atomic mass is 16.5. The fraction of sp³-hybridized carbons (Fsp3) is 0.125. The van der Waals surface area contributed by atoms with Crippen molar-refractivity contribution >= 4 is 23.5 Å². The predicted molar refractivity (Wildman–Crippen MR) is 113 cm³/mol. The number of hydrazine groups is 1. The molecule has 0 N–H and O–H groups in total. The van der Waals surface area contributed by atoms with E-state index in [9.17, 15) is 14.4 Å². The SMILES string of the molecule is CC(=O)Oc1ccc(-c2cccc(C(=O)N3C(=O)CCN3c3ccccc3)c2)cc1. The molecule has 0 bridgehead atoms. The number of esters is 1. The molecule has 0 atom stereocenters. The van der Waals surface area contributed by atoms with Crippen molar-refractivity contribution in [1.29, 1.82) is 0 Å². The van der Waals surface area contributed by atoms with Gasteiger partial charge >= 0.3 is 5.97 Å². The van der Waals surface area contributed by atoms with Gasteiger partial charge in [-0.05, 0) is 47.5 Å². The van der Waals surface area contributed by atoms with Crippen LogP contribution in [0.4, 0.5) is 5.69 Å². The summed E-state index contributed by atoms with van der Waals surface area (Å²) >= 11 is 0. The lowest BCUT2D eigenvalue weighted by atomic mass is 10.0. The van der Waals surface area contributed by atoms with Crippen LogP contribution in [-0.4, -0.2) is 29.3 Å². The third-order valence-corrected chi connectivity index (χ3v) is 4.82. The molecule has 1 aliphatic rings. The van der Waals surface area contributed by atoms with Crippen LogP contribution in [0.1, 0.15) is 23.7 Å². The minimum atomic E-state index is -0.381. The first-order chi connectivity index (χ1) is 14.5. The van der Waals surface area contributed by atoms with E-state index < -0.39 is 0 Å². The summed E-state index contributed by atoms with van der Waals surface area (Å²) in [5.41, 5.74) is 2.92. The van der Waals surface area contributed by atoms with Gasteiger partial charge in [-0.2, -0.15) is 5.01 Å². The summed E-state index contributed by atoms with van der Waals surface area (Å²) in [4.78, 5) is 36.8. The molecule has 0 unspecified atom stereocenters. The van der Waals surface area contributed by atoms with Gasteiger partial charge in [-0.3, -0.25) is 19.4 Å². The van der Waals surface area contributed by atoms with Crippen molar-refractivity contribution in [2.45, 2.75) is 13.3 Å². The van der Waals surface area contributed by atoms with Gasteiger partial charge in [0.05, 0.1) is 5.69 Å². The minimum absolute atomic E-state index is 0.222. The number of hydrogen-bond donors (Lipinski definition) is 0. The van der Waals surface area contributed by atoms with E-state index in [0.717, 1.165) is 16.8 Å². The number of para-hydroxylation sites is 1. The lowest BCUT2D eigenvalue weighted by molar-refractivity contribution is -0.132. The molecular weight excluding hydrogens is 380 g/mol. The van der Waals surface area contributed by atoms with E-state index in [-0.39, 0.29) is 24.2 Å². The highest BCUT2D eigenvalue weighted by Crippen LogP contribution is 2.27. The number of rotatable bonds is 4. The van der Waals surface area contributed by atoms with Crippen molar-refractivity contribution in [3.05, 3.63) is 84.4 Å². The molecule has 0 spiro atoms. The molecule has 4 rings (SSSR count). The Labute approximate surface area is 174 Å². The molecule has 1 aliphatic heterocycles.